The van der Waals surface area contributed by atoms with Gasteiger partial charge >= 0.3 is 5.97 Å². The lowest BCUT2D eigenvalue weighted by Gasteiger charge is -2.10. The molecule has 0 bridgehead atoms. The Bertz CT molecular complexity index is 668. The van der Waals surface area contributed by atoms with Crippen molar-refractivity contribution < 1.29 is 19.4 Å². The van der Waals surface area contributed by atoms with Gasteiger partial charge in [0.25, 0.3) is 0 Å². The Kier molecular flexibility index (Phi) is 5.07. The topological polar surface area (TPSA) is 106 Å². The largest absolute Gasteiger partial charge is 0.494 e. The molecule has 0 atom stereocenters. The van der Waals surface area contributed by atoms with Gasteiger partial charge in [0.05, 0.1) is 12.8 Å². The van der Waals surface area contributed by atoms with Crippen LogP contribution < -0.4 is 10.1 Å². The molecule has 1 aromatic heterocycles. The van der Waals surface area contributed by atoms with E-state index in [1.54, 1.807) is 0 Å². The van der Waals surface area contributed by atoms with Crippen LogP contribution in [-0.4, -0.2) is 38.6 Å². The molecule has 1 amide bonds. The van der Waals surface area contributed by atoms with Crippen LogP contribution in [0.4, 0.5) is 0 Å². The van der Waals surface area contributed by atoms with E-state index in [-0.39, 0.29) is 18.1 Å². The molecule has 0 aliphatic carbocycles. The predicted octanol–water partition coefficient (Wildman–Crippen LogP) is 0.691. The zero-order valence-corrected chi connectivity index (χ0v) is 12.0. The molecular weight excluding hydrogens is 288 g/mol. The van der Waals surface area contributed by atoms with E-state index >= 15 is 0 Å². The van der Waals surface area contributed by atoms with E-state index in [0.717, 1.165) is 11.3 Å². The van der Waals surface area contributed by atoms with Crippen LogP contribution in [0.15, 0.2) is 30.5 Å². The van der Waals surface area contributed by atoms with Crippen LogP contribution in [0.3, 0.4) is 0 Å². The predicted molar refractivity (Wildman–Crippen MR) is 76.4 cm³/mol. The maximum absolute atomic E-state index is 11.8. The van der Waals surface area contributed by atoms with Gasteiger partial charge < -0.3 is 15.2 Å². The molecule has 1 heterocycles. The number of aromatic carboxylic acids is 1. The highest BCUT2D eigenvalue weighted by Gasteiger charge is 2.11. The molecular formula is C14H16N4O4. The Morgan fingerprint density at radius 3 is 2.82 bits per heavy atom. The number of nitrogens with zero attached hydrogens (tertiary/aromatic N) is 3. The summed E-state index contributed by atoms with van der Waals surface area (Å²) in [4.78, 5) is 22.5. The van der Waals surface area contributed by atoms with Crippen molar-refractivity contribution in [3.05, 3.63) is 41.7 Å². The summed E-state index contributed by atoms with van der Waals surface area (Å²) in [6.45, 7) is 2.65. The van der Waals surface area contributed by atoms with Crippen LogP contribution in [0.5, 0.6) is 5.75 Å². The third kappa shape index (κ3) is 4.05. The molecule has 2 rings (SSSR count). The summed E-state index contributed by atoms with van der Waals surface area (Å²) in [5.74, 6) is -0.760. The lowest BCUT2D eigenvalue weighted by molar-refractivity contribution is -0.122. The van der Waals surface area contributed by atoms with Gasteiger partial charge in [-0.3, -0.25) is 4.79 Å². The second-order valence-electron chi connectivity index (χ2n) is 4.42. The summed E-state index contributed by atoms with van der Waals surface area (Å²) in [5, 5.41) is 18.5. The Morgan fingerprint density at radius 2 is 2.14 bits per heavy atom. The molecule has 0 aliphatic rings. The molecule has 8 nitrogen and oxygen atoms in total. The van der Waals surface area contributed by atoms with Gasteiger partial charge in [-0.05, 0) is 13.0 Å². The average molecular weight is 304 g/mol. The summed E-state index contributed by atoms with van der Waals surface area (Å²) >= 11 is 0. The summed E-state index contributed by atoms with van der Waals surface area (Å²) in [6.07, 6.45) is 1.20. The van der Waals surface area contributed by atoms with Gasteiger partial charge in [0.1, 0.15) is 12.3 Å². The van der Waals surface area contributed by atoms with Gasteiger partial charge in [0.15, 0.2) is 5.69 Å². The molecule has 22 heavy (non-hydrogen) atoms. The van der Waals surface area contributed by atoms with Crippen LogP contribution >= 0.6 is 0 Å². The van der Waals surface area contributed by atoms with Crippen LogP contribution in [0.1, 0.15) is 23.0 Å². The number of carbonyl (C=O) groups excluding carboxylic acids is 1. The highest BCUT2D eigenvalue weighted by Crippen LogP contribution is 2.17. The quantitative estimate of drug-likeness (QED) is 0.779. The number of nitrogens with one attached hydrogen (secondary N) is 1. The van der Waals surface area contributed by atoms with E-state index in [4.69, 9.17) is 9.84 Å². The molecule has 1 aromatic carbocycles. The van der Waals surface area contributed by atoms with Gasteiger partial charge in [-0.2, -0.15) is 0 Å². The van der Waals surface area contributed by atoms with Crippen LogP contribution in [0.2, 0.25) is 0 Å². The zero-order valence-electron chi connectivity index (χ0n) is 12.0. The molecule has 0 fully saturated rings. The number of carbonyl (C=O) groups is 2. The van der Waals surface area contributed by atoms with Crippen molar-refractivity contribution in [2.45, 2.75) is 20.0 Å². The second kappa shape index (κ2) is 7.21. The summed E-state index contributed by atoms with van der Waals surface area (Å²) in [5.41, 5.74) is 0.664. The van der Waals surface area contributed by atoms with E-state index in [0.29, 0.717) is 13.2 Å². The van der Waals surface area contributed by atoms with E-state index in [1.807, 2.05) is 31.2 Å². The van der Waals surface area contributed by atoms with Crippen molar-refractivity contribution in [2.24, 2.45) is 0 Å². The maximum atomic E-state index is 11.8. The first-order valence-corrected chi connectivity index (χ1v) is 6.71. The van der Waals surface area contributed by atoms with Crippen molar-refractivity contribution in [3.8, 4) is 5.75 Å². The second-order valence-corrected chi connectivity index (χ2v) is 4.42. The number of carboxylic acids is 1. The first-order valence-electron chi connectivity index (χ1n) is 6.71. The van der Waals surface area contributed by atoms with Gasteiger partial charge in [-0.1, -0.05) is 23.4 Å². The lowest BCUT2D eigenvalue weighted by Crippen LogP contribution is -2.27. The number of hydrogen-bond acceptors (Lipinski definition) is 5. The van der Waals surface area contributed by atoms with Gasteiger partial charge in [0.2, 0.25) is 5.91 Å². The Labute approximate surface area is 126 Å². The van der Waals surface area contributed by atoms with Crippen molar-refractivity contribution in [3.63, 3.8) is 0 Å². The summed E-state index contributed by atoms with van der Waals surface area (Å²) in [6, 6.07) is 7.42. The third-order valence-corrected chi connectivity index (χ3v) is 2.81. The minimum atomic E-state index is -1.18. The number of aromatic nitrogens is 3. The number of ether oxygens (including phenoxy) is 1. The van der Waals surface area contributed by atoms with E-state index < -0.39 is 5.97 Å². The average Bonchev–Trinajstić information content (AvgIpc) is 2.95. The standard InChI is InChI=1S/C14H16N4O4/c1-2-22-12-6-4-3-5-10(12)7-15-13(19)9-18-8-11(14(20)21)16-17-18/h3-6,8H,2,7,9H2,1H3,(H,15,19)(H,20,21). The molecule has 0 saturated heterocycles. The number of rotatable bonds is 7. The minimum absolute atomic E-state index is 0.100. The molecule has 0 unspecified atom stereocenters. The number of para-hydroxylation sites is 1. The molecule has 0 aliphatic heterocycles. The lowest BCUT2D eigenvalue weighted by atomic mass is 10.2. The van der Waals surface area contributed by atoms with E-state index in [1.165, 1.54) is 10.9 Å². The Hall–Kier alpha value is -2.90. The Morgan fingerprint density at radius 1 is 1.36 bits per heavy atom. The zero-order chi connectivity index (χ0) is 15.9. The fraction of sp³-hybridized carbons (Fsp3) is 0.286. The smallest absolute Gasteiger partial charge is 0.358 e. The minimum Gasteiger partial charge on any atom is -0.494 e. The van der Waals surface area contributed by atoms with Gasteiger partial charge in [-0.15, -0.1) is 5.10 Å². The number of benzene rings is 1. The van der Waals surface area contributed by atoms with Crippen molar-refractivity contribution >= 4 is 11.9 Å². The molecule has 0 saturated carbocycles. The van der Waals surface area contributed by atoms with Gasteiger partial charge in [-0.25, -0.2) is 9.48 Å². The third-order valence-electron chi connectivity index (χ3n) is 2.81. The SMILES string of the molecule is CCOc1ccccc1CNC(=O)Cn1cc(C(=O)O)nn1. The Balaban J connectivity index is 1.91. The first-order chi connectivity index (χ1) is 10.6. The normalized spacial score (nSPS) is 10.2. The number of amides is 1. The van der Waals surface area contributed by atoms with Crippen molar-refractivity contribution in [1.29, 1.82) is 0 Å². The van der Waals surface area contributed by atoms with E-state index in [2.05, 4.69) is 15.6 Å². The van der Waals surface area contributed by atoms with Crippen LogP contribution in [0.25, 0.3) is 0 Å². The monoisotopic (exact) mass is 304 g/mol. The highest BCUT2D eigenvalue weighted by atomic mass is 16.5. The molecule has 0 radical (unpaired) electrons. The first kappa shape index (κ1) is 15.5. The molecule has 2 aromatic rings. The van der Waals surface area contributed by atoms with Crippen LogP contribution in [-0.2, 0) is 17.9 Å². The molecule has 8 heteroatoms. The van der Waals surface area contributed by atoms with Crippen molar-refractivity contribution in [2.75, 3.05) is 6.61 Å². The number of carboxylic acid groups (broad SMARTS) is 1. The van der Waals surface area contributed by atoms with Crippen LogP contribution in [0, 0.1) is 0 Å². The molecule has 116 valence electrons. The maximum Gasteiger partial charge on any atom is 0.358 e. The number of hydrogen-bond donors (Lipinski definition) is 2. The fourth-order valence-electron chi connectivity index (χ4n) is 1.82. The summed E-state index contributed by atoms with van der Waals surface area (Å²) < 4.78 is 6.65. The van der Waals surface area contributed by atoms with E-state index in [9.17, 15) is 9.59 Å². The van der Waals surface area contributed by atoms with Crippen molar-refractivity contribution in [1.82, 2.24) is 20.3 Å². The molecule has 0 spiro atoms. The highest BCUT2D eigenvalue weighted by molar-refractivity contribution is 5.84. The fourth-order valence-corrected chi connectivity index (χ4v) is 1.82. The summed E-state index contributed by atoms with van der Waals surface area (Å²) in [7, 11) is 0. The van der Waals surface area contributed by atoms with Gasteiger partial charge in [0, 0.05) is 12.1 Å². The molecule has 2 N–H and O–H groups in total.